The fourth-order valence-electron chi connectivity index (χ4n) is 2.21. The smallest absolute Gasteiger partial charge is 0.371 e. The van der Waals surface area contributed by atoms with Gasteiger partial charge >= 0.3 is 5.97 Å². The summed E-state index contributed by atoms with van der Waals surface area (Å²) in [5.74, 6) is -0.574. The molecule has 7 nitrogen and oxygen atoms in total. The predicted octanol–water partition coefficient (Wildman–Crippen LogP) is 3.83. The summed E-state index contributed by atoms with van der Waals surface area (Å²) < 4.78 is 5.11. The van der Waals surface area contributed by atoms with Gasteiger partial charge in [-0.15, -0.1) is 0 Å². The maximum absolute atomic E-state index is 12.5. The molecule has 2 heterocycles. The highest BCUT2D eigenvalue weighted by molar-refractivity contribution is 6.39. The monoisotopic (exact) mass is 390 g/mol. The zero-order chi connectivity index (χ0) is 18.7. The van der Waals surface area contributed by atoms with E-state index in [2.05, 4.69) is 15.3 Å². The van der Waals surface area contributed by atoms with Gasteiger partial charge in [-0.3, -0.25) is 4.98 Å². The van der Waals surface area contributed by atoms with Crippen LogP contribution in [-0.4, -0.2) is 21.9 Å². The summed E-state index contributed by atoms with van der Waals surface area (Å²) in [5.41, 5.74) is 6.88. The van der Waals surface area contributed by atoms with Gasteiger partial charge in [0.25, 0.3) is 0 Å². The number of carbonyl (C=O) groups excluding carboxylic acids is 1. The van der Waals surface area contributed by atoms with Crippen LogP contribution >= 0.6 is 23.2 Å². The number of benzene rings is 1. The van der Waals surface area contributed by atoms with Gasteiger partial charge in [0.15, 0.2) is 5.84 Å². The highest BCUT2D eigenvalue weighted by Crippen LogP contribution is 2.36. The summed E-state index contributed by atoms with van der Waals surface area (Å²) in [4.78, 5) is 21.3. The molecule has 0 bridgehead atoms. The van der Waals surface area contributed by atoms with Gasteiger partial charge < -0.3 is 15.1 Å². The topological polar surface area (TPSA) is 104 Å². The zero-order valence-electron chi connectivity index (χ0n) is 13.4. The molecular weight excluding hydrogens is 379 g/mol. The summed E-state index contributed by atoms with van der Waals surface area (Å²) in [5, 5.41) is 8.16. The third kappa shape index (κ3) is 3.54. The summed E-state index contributed by atoms with van der Waals surface area (Å²) in [6.45, 7) is 1.56. The number of nitrogens with zero attached hydrogens (tertiary/aromatic N) is 3. The lowest BCUT2D eigenvalue weighted by molar-refractivity contribution is 0.0515. The van der Waals surface area contributed by atoms with E-state index in [1.807, 2.05) is 0 Å². The number of rotatable bonds is 4. The second kappa shape index (κ2) is 7.55. The van der Waals surface area contributed by atoms with E-state index >= 15 is 0 Å². The van der Waals surface area contributed by atoms with Gasteiger partial charge in [0, 0.05) is 23.5 Å². The molecule has 132 valence electrons. The quantitative estimate of drug-likeness (QED) is 0.314. The van der Waals surface area contributed by atoms with Gasteiger partial charge in [-0.05, 0) is 31.2 Å². The summed E-state index contributed by atoms with van der Waals surface area (Å²) in [6, 6.07) is 8.29. The number of nitrogens with two attached hydrogens (primary N) is 1. The molecule has 0 unspecified atom stereocenters. The Morgan fingerprint density at radius 2 is 1.96 bits per heavy atom. The highest BCUT2D eigenvalue weighted by Gasteiger charge is 2.26. The van der Waals surface area contributed by atoms with Crippen LogP contribution < -0.4 is 5.73 Å². The van der Waals surface area contributed by atoms with Crippen molar-refractivity contribution in [1.82, 2.24) is 10.1 Å². The van der Waals surface area contributed by atoms with Crippen molar-refractivity contribution >= 4 is 35.0 Å². The van der Waals surface area contributed by atoms with Crippen molar-refractivity contribution in [3.05, 3.63) is 69.7 Å². The Bertz CT molecular complexity index is 967. The van der Waals surface area contributed by atoms with E-state index in [9.17, 15) is 4.79 Å². The van der Waals surface area contributed by atoms with Crippen LogP contribution in [-0.2, 0) is 4.84 Å². The second-order valence-corrected chi connectivity index (χ2v) is 5.97. The number of oxime groups is 1. The Kier molecular flexibility index (Phi) is 5.20. The number of aryl methyl sites for hydroxylation is 1. The minimum absolute atomic E-state index is 0.00196. The minimum atomic E-state index is -0.804. The number of aromatic nitrogens is 2. The van der Waals surface area contributed by atoms with Gasteiger partial charge in [0.2, 0.25) is 0 Å². The molecule has 3 aromatic rings. The lowest BCUT2D eigenvalue weighted by Crippen LogP contribution is -2.15. The number of hydrogen-bond donors (Lipinski definition) is 1. The molecule has 1 aromatic carbocycles. The number of pyridine rings is 1. The molecule has 0 aliphatic rings. The molecule has 0 fully saturated rings. The van der Waals surface area contributed by atoms with Gasteiger partial charge in [-0.25, -0.2) is 4.79 Å². The Hall–Kier alpha value is -2.90. The summed E-state index contributed by atoms with van der Waals surface area (Å²) in [6.07, 6.45) is 3.08. The first-order valence-corrected chi connectivity index (χ1v) is 8.10. The van der Waals surface area contributed by atoms with E-state index in [1.54, 1.807) is 43.5 Å². The average molecular weight is 391 g/mol. The first-order chi connectivity index (χ1) is 12.5. The van der Waals surface area contributed by atoms with Crippen molar-refractivity contribution in [2.24, 2.45) is 10.9 Å². The maximum atomic E-state index is 12.5. The largest absolute Gasteiger partial charge is 0.380 e. The molecule has 2 aromatic heterocycles. The molecule has 0 radical (unpaired) electrons. The number of halogens is 2. The Morgan fingerprint density at radius 1 is 1.23 bits per heavy atom. The molecule has 2 N–H and O–H groups in total. The Balaban J connectivity index is 1.93. The van der Waals surface area contributed by atoms with Crippen molar-refractivity contribution in [3.8, 4) is 11.3 Å². The van der Waals surface area contributed by atoms with E-state index in [0.717, 1.165) is 0 Å². The normalized spacial score (nSPS) is 11.4. The van der Waals surface area contributed by atoms with E-state index in [0.29, 0.717) is 21.2 Å². The lowest BCUT2D eigenvalue weighted by Gasteiger charge is -2.05. The molecular formula is C17H12Cl2N4O3. The van der Waals surface area contributed by atoms with Gasteiger partial charge in [0.05, 0.1) is 10.0 Å². The summed E-state index contributed by atoms with van der Waals surface area (Å²) in [7, 11) is 0. The number of carbonyl (C=O) groups is 1. The predicted molar refractivity (Wildman–Crippen MR) is 97.1 cm³/mol. The Labute approximate surface area is 158 Å². The molecule has 0 saturated heterocycles. The second-order valence-electron chi connectivity index (χ2n) is 5.16. The Morgan fingerprint density at radius 3 is 2.62 bits per heavy atom. The SMILES string of the molecule is Cc1onc(-c2c(Cl)cccc2Cl)c1C(=O)O/N=C(\N)c1cccnc1. The van der Waals surface area contributed by atoms with Crippen molar-refractivity contribution in [2.75, 3.05) is 0 Å². The summed E-state index contributed by atoms with van der Waals surface area (Å²) >= 11 is 12.4. The third-order valence-corrected chi connectivity index (χ3v) is 4.08. The minimum Gasteiger partial charge on any atom is -0.380 e. The molecule has 0 spiro atoms. The third-order valence-electron chi connectivity index (χ3n) is 3.45. The van der Waals surface area contributed by atoms with Crippen molar-refractivity contribution in [3.63, 3.8) is 0 Å². The van der Waals surface area contributed by atoms with E-state index in [4.69, 9.17) is 38.3 Å². The number of hydrogen-bond acceptors (Lipinski definition) is 6. The van der Waals surface area contributed by atoms with Gasteiger partial charge in [-0.2, -0.15) is 0 Å². The molecule has 0 atom stereocenters. The van der Waals surface area contributed by atoms with Crippen molar-refractivity contribution in [2.45, 2.75) is 6.92 Å². The van der Waals surface area contributed by atoms with E-state index in [1.165, 1.54) is 6.20 Å². The lowest BCUT2D eigenvalue weighted by atomic mass is 10.1. The fourth-order valence-corrected chi connectivity index (χ4v) is 2.79. The molecule has 9 heteroatoms. The van der Waals surface area contributed by atoms with Crippen LogP contribution in [0.4, 0.5) is 0 Å². The van der Waals surface area contributed by atoms with Crippen LogP contribution in [0.1, 0.15) is 21.7 Å². The van der Waals surface area contributed by atoms with Gasteiger partial charge in [-0.1, -0.05) is 39.6 Å². The molecule has 3 rings (SSSR count). The van der Waals surface area contributed by atoms with Crippen LogP contribution in [0.15, 0.2) is 52.4 Å². The van der Waals surface area contributed by atoms with Crippen LogP contribution in [0.2, 0.25) is 10.0 Å². The van der Waals surface area contributed by atoms with E-state index in [-0.39, 0.29) is 22.9 Å². The first-order valence-electron chi connectivity index (χ1n) is 7.35. The van der Waals surface area contributed by atoms with Gasteiger partial charge in [0.1, 0.15) is 17.0 Å². The molecule has 0 aliphatic heterocycles. The van der Waals surface area contributed by atoms with Crippen LogP contribution in [0.25, 0.3) is 11.3 Å². The van der Waals surface area contributed by atoms with Crippen molar-refractivity contribution < 1.29 is 14.2 Å². The molecule has 0 amide bonds. The van der Waals surface area contributed by atoms with Crippen LogP contribution in [0, 0.1) is 6.92 Å². The highest BCUT2D eigenvalue weighted by atomic mass is 35.5. The molecule has 0 saturated carbocycles. The molecule has 0 aliphatic carbocycles. The van der Waals surface area contributed by atoms with Crippen molar-refractivity contribution in [1.29, 1.82) is 0 Å². The van der Waals surface area contributed by atoms with Crippen LogP contribution in [0.3, 0.4) is 0 Å². The molecule has 26 heavy (non-hydrogen) atoms. The van der Waals surface area contributed by atoms with Crippen LogP contribution in [0.5, 0.6) is 0 Å². The average Bonchev–Trinajstić information content (AvgIpc) is 3.01. The zero-order valence-corrected chi connectivity index (χ0v) is 15.0. The number of amidine groups is 1. The maximum Gasteiger partial charge on any atom is 0.371 e. The standard InChI is InChI=1S/C17H12Cl2N4O3/c1-9-13(15(22-25-9)14-11(18)5-2-6-12(14)19)17(24)26-23-16(20)10-4-3-7-21-8-10/h2-8H,1H3,(H2,20,23). The first kappa shape index (κ1) is 17.9. The fraction of sp³-hybridized carbons (Fsp3) is 0.0588. The van der Waals surface area contributed by atoms with E-state index < -0.39 is 5.97 Å².